The van der Waals surface area contributed by atoms with Gasteiger partial charge in [-0.1, -0.05) is 0 Å². The quantitative estimate of drug-likeness (QED) is 0.277. The van der Waals surface area contributed by atoms with E-state index >= 15 is 0 Å². The van der Waals surface area contributed by atoms with Gasteiger partial charge in [-0.05, 0) is 6.42 Å². The van der Waals surface area contributed by atoms with E-state index < -0.39 is 79.4 Å². The highest BCUT2D eigenvalue weighted by Gasteiger charge is 2.57. The van der Waals surface area contributed by atoms with Gasteiger partial charge in [0, 0.05) is 11.8 Å². The maximum absolute atomic E-state index is 12.3. The van der Waals surface area contributed by atoms with Crippen molar-refractivity contribution in [3.8, 4) is 0 Å². The smallest absolute Gasteiger partial charge is 0.337 e. The van der Waals surface area contributed by atoms with Crippen LogP contribution in [0.5, 0.6) is 0 Å². The molecule has 5 N–H and O–H groups in total. The lowest BCUT2D eigenvalue weighted by Gasteiger charge is -2.43. The zero-order chi connectivity index (χ0) is 22.2. The molecule has 12 nitrogen and oxygen atoms in total. The van der Waals surface area contributed by atoms with Crippen LogP contribution in [0.4, 0.5) is 0 Å². The van der Waals surface area contributed by atoms with Crippen LogP contribution in [-0.2, 0) is 33.3 Å². The van der Waals surface area contributed by atoms with Gasteiger partial charge in [-0.15, -0.1) is 0 Å². The number of hydrogen-bond acceptors (Lipinski definition) is 12. The summed E-state index contributed by atoms with van der Waals surface area (Å²) in [6.45, 7) is -0.654. The predicted octanol–water partition coefficient (Wildman–Crippen LogP) is -3.00. The second kappa shape index (κ2) is 9.14. The molecule has 10 atom stereocenters. The lowest BCUT2D eigenvalue weighted by atomic mass is 9.82. The van der Waals surface area contributed by atoms with Crippen molar-refractivity contribution < 1.29 is 58.8 Å². The van der Waals surface area contributed by atoms with Gasteiger partial charge in [-0.25, -0.2) is 4.79 Å². The van der Waals surface area contributed by atoms with Crippen LogP contribution >= 0.6 is 0 Å². The van der Waals surface area contributed by atoms with E-state index in [0.717, 1.165) is 13.4 Å². The molecule has 2 heterocycles. The van der Waals surface area contributed by atoms with Crippen LogP contribution < -0.4 is 0 Å². The Morgan fingerprint density at radius 1 is 1.07 bits per heavy atom. The molecule has 0 aromatic carbocycles. The molecule has 1 saturated carbocycles. The SMILES string of the molecule is COC(=O)C1=CO[C@@H](O[C@@H]2O[C@H](CO)[C@@H](O)[C@H](O)[C@H]2O)[C@@H]2[C@@H](C(=O)OC)[C@@H](O)C[C@H]12. The van der Waals surface area contributed by atoms with E-state index in [2.05, 4.69) is 0 Å². The highest BCUT2D eigenvalue weighted by atomic mass is 16.8. The van der Waals surface area contributed by atoms with Crippen LogP contribution in [0.1, 0.15) is 6.42 Å². The standard InChI is InChI=1S/C18H26O12/c1-26-15(24)7-5-28-17(10-6(7)3-8(20)11(10)16(25)27-2)30-18-14(23)13(22)12(21)9(4-19)29-18/h5-6,8-14,17-23H,3-4H2,1-2H3/t6-,8+,9-,10+,11+,12-,13+,14-,17+,18+/m1/s1. The Hall–Kier alpha value is -1.80. The second-order valence-electron chi connectivity index (χ2n) is 7.44. The zero-order valence-electron chi connectivity index (χ0n) is 16.4. The number of ether oxygens (including phenoxy) is 5. The molecular formula is C18H26O12. The van der Waals surface area contributed by atoms with Crippen LogP contribution in [0.2, 0.25) is 0 Å². The first-order chi connectivity index (χ1) is 14.2. The fraction of sp³-hybridized carbons (Fsp3) is 0.778. The first-order valence-electron chi connectivity index (χ1n) is 9.40. The Labute approximate surface area is 171 Å². The Morgan fingerprint density at radius 2 is 1.77 bits per heavy atom. The van der Waals surface area contributed by atoms with Gasteiger partial charge in [0.1, 0.15) is 24.4 Å². The molecule has 0 bridgehead atoms. The monoisotopic (exact) mass is 434 g/mol. The van der Waals surface area contributed by atoms with Crippen molar-refractivity contribution in [2.75, 3.05) is 20.8 Å². The average Bonchev–Trinajstić information content (AvgIpc) is 3.10. The molecule has 3 rings (SSSR count). The number of rotatable bonds is 5. The Balaban J connectivity index is 1.88. The summed E-state index contributed by atoms with van der Waals surface area (Å²) in [5.41, 5.74) is 0.0987. The van der Waals surface area contributed by atoms with Crippen molar-refractivity contribution in [3.63, 3.8) is 0 Å². The van der Waals surface area contributed by atoms with Crippen molar-refractivity contribution in [2.24, 2.45) is 17.8 Å². The normalized spacial score (nSPS) is 43.2. The van der Waals surface area contributed by atoms with Crippen LogP contribution in [0, 0.1) is 17.8 Å². The van der Waals surface area contributed by atoms with Crippen molar-refractivity contribution in [1.82, 2.24) is 0 Å². The topological polar surface area (TPSA) is 181 Å². The van der Waals surface area contributed by atoms with E-state index in [1.165, 1.54) is 7.11 Å². The Morgan fingerprint density at radius 3 is 2.37 bits per heavy atom. The summed E-state index contributed by atoms with van der Waals surface area (Å²) < 4.78 is 26.0. The molecule has 1 aliphatic carbocycles. The number of carbonyl (C=O) groups excluding carboxylic acids is 2. The van der Waals surface area contributed by atoms with Crippen molar-refractivity contribution in [3.05, 3.63) is 11.8 Å². The Kier molecular flexibility index (Phi) is 6.97. The minimum absolute atomic E-state index is 0.0310. The lowest BCUT2D eigenvalue weighted by molar-refractivity contribution is -0.342. The van der Waals surface area contributed by atoms with E-state index in [9.17, 15) is 35.1 Å². The minimum atomic E-state index is -1.70. The molecule has 0 amide bonds. The van der Waals surface area contributed by atoms with E-state index in [1.807, 2.05) is 0 Å². The summed E-state index contributed by atoms with van der Waals surface area (Å²) in [4.78, 5) is 24.4. The molecule has 0 aromatic heterocycles. The molecule has 0 spiro atoms. The van der Waals surface area contributed by atoms with Crippen molar-refractivity contribution >= 4 is 11.9 Å². The minimum Gasteiger partial charge on any atom is -0.472 e. The summed E-state index contributed by atoms with van der Waals surface area (Å²) >= 11 is 0. The third kappa shape index (κ3) is 3.91. The summed E-state index contributed by atoms with van der Waals surface area (Å²) in [5.74, 6) is -4.14. The molecule has 30 heavy (non-hydrogen) atoms. The van der Waals surface area contributed by atoms with E-state index in [0.29, 0.717) is 0 Å². The summed E-state index contributed by atoms with van der Waals surface area (Å²) in [5, 5.41) is 49.8. The molecule has 1 saturated heterocycles. The summed E-state index contributed by atoms with van der Waals surface area (Å²) in [6, 6.07) is 0. The first-order valence-corrected chi connectivity index (χ1v) is 9.40. The maximum atomic E-state index is 12.3. The van der Waals surface area contributed by atoms with Crippen molar-refractivity contribution in [1.29, 1.82) is 0 Å². The number of hydrogen-bond donors (Lipinski definition) is 5. The van der Waals surface area contributed by atoms with Crippen LogP contribution in [0.25, 0.3) is 0 Å². The number of esters is 2. The largest absolute Gasteiger partial charge is 0.472 e. The lowest BCUT2D eigenvalue weighted by Crippen LogP contribution is -2.60. The highest BCUT2D eigenvalue weighted by Crippen LogP contribution is 2.48. The van der Waals surface area contributed by atoms with Crippen LogP contribution in [0.15, 0.2) is 11.8 Å². The molecular weight excluding hydrogens is 408 g/mol. The number of carbonyl (C=O) groups is 2. The van der Waals surface area contributed by atoms with Crippen molar-refractivity contribution in [2.45, 2.75) is 49.5 Å². The predicted molar refractivity (Wildman–Crippen MR) is 92.9 cm³/mol. The highest BCUT2D eigenvalue weighted by molar-refractivity contribution is 5.89. The Bertz CT molecular complexity index is 678. The van der Waals surface area contributed by atoms with Gasteiger partial charge in [0.2, 0.25) is 6.29 Å². The van der Waals surface area contributed by atoms with Gasteiger partial charge >= 0.3 is 11.9 Å². The molecule has 3 aliphatic rings. The third-order valence-electron chi connectivity index (χ3n) is 5.84. The van der Waals surface area contributed by atoms with Gasteiger partial charge in [-0.2, -0.15) is 0 Å². The fourth-order valence-electron chi connectivity index (χ4n) is 4.28. The number of fused-ring (bicyclic) bond motifs is 1. The van der Waals surface area contributed by atoms with E-state index in [-0.39, 0.29) is 12.0 Å². The molecule has 12 heteroatoms. The van der Waals surface area contributed by atoms with Gasteiger partial charge in [0.05, 0.1) is 44.7 Å². The maximum Gasteiger partial charge on any atom is 0.337 e. The summed E-state index contributed by atoms with van der Waals surface area (Å²) in [6.07, 6.45) is -9.02. The van der Waals surface area contributed by atoms with E-state index in [1.54, 1.807) is 0 Å². The molecule has 0 aromatic rings. The van der Waals surface area contributed by atoms with Crippen LogP contribution in [0.3, 0.4) is 0 Å². The third-order valence-corrected chi connectivity index (χ3v) is 5.84. The number of aliphatic hydroxyl groups is 5. The van der Waals surface area contributed by atoms with Crippen LogP contribution in [-0.4, -0.2) is 101 Å². The van der Waals surface area contributed by atoms with Gasteiger partial charge < -0.3 is 49.2 Å². The molecule has 2 aliphatic heterocycles. The number of aliphatic hydroxyl groups excluding tert-OH is 5. The zero-order valence-corrected chi connectivity index (χ0v) is 16.4. The van der Waals surface area contributed by atoms with E-state index in [4.69, 9.17) is 23.7 Å². The van der Waals surface area contributed by atoms with Gasteiger partial charge in [0.15, 0.2) is 6.29 Å². The average molecular weight is 434 g/mol. The fourth-order valence-corrected chi connectivity index (χ4v) is 4.28. The second-order valence-corrected chi connectivity index (χ2v) is 7.44. The van der Waals surface area contributed by atoms with Gasteiger partial charge in [0.25, 0.3) is 0 Å². The molecule has 0 radical (unpaired) electrons. The molecule has 0 unspecified atom stereocenters. The summed E-state index contributed by atoms with van der Waals surface area (Å²) in [7, 11) is 2.33. The number of methoxy groups -OCH3 is 2. The molecule has 170 valence electrons. The molecule has 2 fully saturated rings. The van der Waals surface area contributed by atoms with Gasteiger partial charge in [-0.3, -0.25) is 4.79 Å². The first kappa shape index (κ1) is 22.9.